The molecular formula is C27H33N3O3. The van der Waals surface area contributed by atoms with Gasteiger partial charge in [0.05, 0.1) is 18.2 Å². The average Bonchev–Trinajstić information content (AvgIpc) is 2.83. The molecule has 0 amide bonds. The zero-order chi connectivity index (χ0) is 23.4. The van der Waals surface area contributed by atoms with E-state index >= 15 is 0 Å². The van der Waals surface area contributed by atoms with Crippen LogP contribution in [0.4, 0.5) is 5.69 Å². The van der Waals surface area contributed by atoms with Gasteiger partial charge in [-0.1, -0.05) is 48.0 Å². The Hall–Kier alpha value is -3.09. The molecule has 174 valence electrons. The number of aromatic hydroxyl groups is 1. The summed E-state index contributed by atoms with van der Waals surface area (Å²) >= 11 is 0. The lowest BCUT2D eigenvalue weighted by molar-refractivity contribution is 0.183. The number of nitrogens with zero attached hydrogens (tertiary/aromatic N) is 3. The van der Waals surface area contributed by atoms with Crippen LogP contribution in [0.1, 0.15) is 28.4 Å². The number of methoxy groups -OCH3 is 1. The Labute approximate surface area is 195 Å². The Bertz CT molecular complexity index is 1120. The molecule has 0 unspecified atom stereocenters. The summed E-state index contributed by atoms with van der Waals surface area (Å²) in [6.45, 7) is 8.09. The molecule has 3 aromatic rings. The van der Waals surface area contributed by atoms with Crippen molar-refractivity contribution < 1.29 is 9.84 Å². The second-order valence-electron chi connectivity index (χ2n) is 8.71. The molecule has 0 aliphatic carbocycles. The van der Waals surface area contributed by atoms with Crippen LogP contribution in [-0.4, -0.2) is 54.5 Å². The van der Waals surface area contributed by atoms with Crippen LogP contribution in [-0.2, 0) is 11.3 Å². The number of pyridine rings is 1. The molecule has 4 rings (SSSR count). The molecule has 2 heterocycles. The van der Waals surface area contributed by atoms with Gasteiger partial charge in [0.25, 0.3) is 5.56 Å². The van der Waals surface area contributed by atoms with Gasteiger partial charge in [0.1, 0.15) is 5.75 Å². The highest BCUT2D eigenvalue weighted by Gasteiger charge is 2.31. The van der Waals surface area contributed by atoms with E-state index in [2.05, 4.69) is 65.3 Å². The number of benzene rings is 2. The molecule has 6 heteroatoms. The van der Waals surface area contributed by atoms with Gasteiger partial charge in [-0.05, 0) is 37.6 Å². The van der Waals surface area contributed by atoms with Crippen LogP contribution in [0.2, 0.25) is 0 Å². The minimum absolute atomic E-state index is 0.0576. The van der Waals surface area contributed by atoms with Crippen molar-refractivity contribution in [2.24, 2.45) is 0 Å². The summed E-state index contributed by atoms with van der Waals surface area (Å²) in [5, 5.41) is 11.0. The highest BCUT2D eigenvalue weighted by molar-refractivity contribution is 5.47. The molecule has 0 bridgehead atoms. The van der Waals surface area contributed by atoms with E-state index in [1.807, 2.05) is 13.0 Å². The van der Waals surface area contributed by atoms with Crippen LogP contribution in [0.3, 0.4) is 0 Å². The molecule has 1 aliphatic rings. The Morgan fingerprint density at radius 3 is 2.27 bits per heavy atom. The van der Waals surface area contributed by atoms with Crippen molar-refractivity contribution in [2.75, 3.05) is 44.8 Å². The first-order valence-corrected chi connectivity index (χ1v) is 11.5. The Kier molecular flexibility index (Phi) is 7.16. The van der Waals surface area contributed by atoms with Gasteiger partial charge < -0.3 is 19.3 Å². The van der Waals surface area contributed by atoms with E-state index in [-0.39, 0.29) is 17.4 Å². The van der Waals surface area contributed by atoms with E-state index in [4.69, 9.17) is 4.74 Å². The molecule has 1 saturated heterocycles. The molecule has 1 fully saturated rings. The maximum absolute atomic E-state index is 13.6. The van der Waals surface area contributed by atoms with E-state index in [0.29, 0.717) is 18.7 Å². The molecule has 1 N–H and O–H groups in total. The molecule has 0 radical (unpaired) electrons. The zero-order valence-corrected chi connectivity index (χ0v) is 19.7. The fraction of sp³-hybridized carbons (Fsp3) is 0.370. The highest BCUT2D eigenvalue weighted by atomic mass is 16.5. The van der Waals surface area contributed by atoms with E-state index in [1.165, 1.54) is 5.69 Å². The largest absolute Gasteiger partial charge is 0.507 e. The van der Waals surface area contributed by atoms with Crippen molar-refractivity contribution in [3.63, 3.8) is 0 Å². The van der Waals surface area contributed by atoms with E-state index in [0.717, 1.165) is 43.0 Å². The van der Waals surface area contributed by atoms with Gasteiger partial charge in [-0.3, -0.25) is 9.69 Å². The van der Waals surface area contributed by atoms with Crippen LogP contribution in [0, 0.1) is 13.8 Å². The lowest BCUT2D eigenvalue weighted by Crippen LogP contribution is -2.49. The van der Waals surface area contributed by atoms with Gasteiger partial charge in [-0.25, -0.2) is 0 Å². The Morgan fingerprint density at radius 1 is 0.970 bits per heavy atom. The van der Waals surface area contributed by atoms with E-state index < -0.39 is 0 Å². The lowest BCUT2D eigenvalue weighted by Gasteiger charge is -2.40. The number of ether oxygens (including phenoxy) is 1. The van der Waals surface area contributed by atoms with Gasteiger partial charge in [-0.15, -0.1) is 0 Å². The van der Waals surface area contributed by atoms with Gasteiger partial charge >= 0.3 is 0 Å². The van der Waals surface area contributed by atoms with Gasteiger partial charge in [0.2, 0.25) is 0 Å². The fourth-order valence-electron chi connectivity index (χ4n) is 4.67. The van der Waals surface area contributed by atoms with Crippen LogP contribution < -0.4 is 10.5 Å². The summed E-state index contributed by atoms with van der Waals surface area (Å²) in [6, 6.07) is 20.1. The van der Waals surface area contributed by atoms with Crippen molar-refractivity contribution in [1.82, 2.24) is 9.47 Å². The molecule has 0 spiro atoms. The van der Waals surface area contributed by atoms with Crippen LogP contribution in [0.25, 0.3) is 0 Å². The smallest absolute Gasteiger partial charge is 0.259 e. The molecule has 1 aliphatic heterocycles. The number of hydrogen-bond donors (Lipinski definition) is 1. The summed E-state index contributed by atoms with van der Waals surface area (Å²) in [5.41, 5.74) is 4.41. The summed E-state index contributed by atoms with van der Waals surface area (Å²) in [4.78, 5) is 18.3. The molecule has 2 aromatic carbocycles. The summed E-state index contributed by atoms with van der Waals surface area (Å²) in [6.07, 6.45) is 0. The zero-order valence-electron chi connectivity index (χ0n) is 19.7. The standard InChI is InChI=1S/C27H33N3O3/c1-20-9-11-22(12-10-20)26(25-24(31)19-21(2)30(27(25)32)17-18-33-3)29-15-13-28(14-16-29)23-7-5-4-6-8-23/h4-12,19,26,31H,13-18H2,1-3H3/t26-/m0/s1. The predicted molar refractivity (Wildman–Crippen MR) is 132 cm³/mol. The summed E-state index contributed by atoms with van der Waals surface area (Å²) < 4.78 is 6.92. The third kappa shape index (κ3) is 4.97. The number of piperazine rings is 1. The van der Waals surface area contributed by atoms with Crippen LogP contribution in [0.5, 0.6) is 5.75 Å². The molecule has 33 heavy (non-hydrogen) atoms. The third-order valence-corrected chi connectivity index (χ3v) is 6.51. The predicted octanol–water partition coefficient (Wildman–Crippen LogP) is 3.73. The van der Waals surface area contributed by atoms with Crippen molar-refractivity contribution >= 4 is 5.69 Å². The van der Waals surface area contributed by atoms with Crippen molar-refractivity contribution in [3.05, 3.63) is 93.4 Å². The molecule has 1 aromatic heterocycles. The number of aromatic nitrogens is 1. The maximum Gasteiger partial charge on any atom is 0.259 e. The van der Waals surface area contributed by atoms with Gasteiger partial charge in [0.15, 0.2) is 0 Å². The SMILES string of the molecule is COCCn1c(C)cc(O)c([C@H](c2ccc(C)cc2)N2CCN(c3ccccc3)CC2)c1=O. The highest BCUT2D eigenvalue weighted by Crippen LogP contribution is 2.34. The van der Waals surface area contributed by atoms with Gasteiger partial charge in [-0.2, -0.15) is 0 Å². The fourth-order valence-corrected chi connectivity index (χ4v) is 4.67. The first-order chi connectivity index (χ1) is 16.0. The van der Waals surface area contributed by atoms with Crippen LogP contribution in [0.15, 0.2) is 65.5 Å². The first-order valence-electron chi connectivity index (χ1n) is 11.5. The van der Waals surface area contributed by atoms with Crippen molar-refractivity contribution in [2.45, 2.75) is 26.4 Å². The molecule has 0 saturated carbocycles. The summed E-state index contributed by atoms with van der Waals surface area (Å²) in [7, 11) is 1.63. The van der Waals surface area contributed by atoms with Crippen molar-refractivity contribution in [3.8, 4) is 5.75 Å². The molecular weight excluding hydrogens is 414 g/mol. The Balaban J connectivity index is 1.72. The number of rotatable bonds is 7. The lowest BCUT2D eigenvalue weighted by atomic mass is 9.95. The van der Waals surface area contributed by atoms with E-state index in [1.54, 1.807) is 17.7 Å². The third-order valence-electron chi connectivity index (χ3n) is 6.51. The Morgan fingerprint density at radius 2 is 1.64 bits per heavy atom. The number of hydrogen-bond acceptors (Lipinski definition) is 5. The molecule has 6 nitrogen and oxygen atoms in total. The first kappa shape index (κ1) is 23.1. The van der Waals surface area contributed by atoms with Crippen LogP contribution >= 0.6 is 0 Å². The monoisotopic (exact) mass is 447 g/mol. The number of para-hydroxylation sites is 1. The second-order valence-corrected chi connectivity index (χ2v) is 8.71. The normalized spacial score (nSPS) is 15.5. The second kappa shape index (κ2) is 10.2. The topological polar surface area (TPSA) is 57.9 Å². The minimum Gasteiger partial charge on any atom is -0.507 e. The van der Waals surface area contributed by atoms with Gasteiger partial charge in [0, 0.05) is 51.2 Å². The summed E-state index contributed by atoms with van der Waals surface area (Å²) in [5.74, 6) is 0.0576. The quantitative estimate of drug-likeness (QED) is 0.598. The average molecular weight is 448 g/mol. The number of aryl methyl sites for hydroxylation is 2. The minimum atomic E-state index is -0.314. The van der Waals surface area contributed by atoms with E-state index in [9.17, 15) is 9.90 Å². The molecule has 1 atom stereocenters. The van der Waals surface area contributed by atoms with Crippen molar-refractivity contribution in [1.29, 1.82) is 0 Å². The number of anilines is 1. The maximum atomic E-state index is 13.6.